The van der Waals surface area contributed by atoms with E-state index in [1.807, 2.05) is 25.7 Å². The Morgan fingerprint density at radius 2 is 2.25 bits per heavy atom. The molecule has 1 aliphatic heterocycles. The summed E-state index contributed by atoms with van der Waals surface area (Å²) in [7, 11) is 0. The van der Waals surface area contributed by atoms with E-state index in [4.69, 9.17) is 17.3 Å². The number of aromatic nitrogens is 2. The maximum atomic E-state index is 12.6. The lowest BCUT2D eigenvalue weighted by atomic mass is 9.99. The van der Waals surface area contributed by atoms with Gasteiger partial charge in [-0.25, -0.2) is 9.97 Å². The van der Waals surface area contributed by atoms with Crippen LogP contribution in [0.2, 0.25) is 5.02 Å². The van der Waals surface area contributed by atoms with Crippen molar-refractivity contribution < 1.29 is 4.79 Å². The molecule has 2 unspecified atom stereocenters. The van der Waals surface area contributed by atoms with Crippen molar-refractivity contribution in [1.82, 2.24) is 14.9 Å². The predicted octanol–water partition coefficient (Wildman–Crippen LogP) is 2.21. The summed E-state index contributed by atoms with van der Waals surface area (Å²) in [5.74, 6) is 0.670. The van der Waals surface area contributed by atoms with Crippen LogP contribution in [0.15, 0.2) is 6.20 Å². The first-order valence-electron chi connectivity index (χ1n) is 6.99. The normalized spacial score (nSPS) is 23.2. The van der Waals surface area contributed by atoms with Crippen molar-refractivity contribution in [3.8, 4) is 0 Å². The van der Waals surface area contributed by atoms with Crippen LogP contribution in [0.4, 0.5) is 0 Å². The second-order valence-electron chi connectivity index (χ2n) is 5.71. The number of nitrogens with zero attached hydrogens (tertiary/aromatic N) is 3. The van der Waals surface area contributed by atoms with Gasteiger partial charge in [0, 0.05) is 24.5 Å². The third kappa shape index (κ3) is 3.10. The first-order valence-corrected chi connectivity index (χ1v) is 7.37. The minimum atomic E-state index is -0.126. The minimum Gasteiger partial charge on any atom is -0.334 e. The van der Waals surface area contributed by atoms with Crippen LogP contribution >= 0.6 is 11.6 Å². The largest absolute Gasteiger partial charge is 0.334 e. The van der Waals surface area contributed by atoms with Crippen molar-refractivity contribution in [2.75, 3.05) is 6.54 Å². The lowest BCUT2D eigenvalue weighted by Crippen LogP contribution is -2.48. The van der Waals surface area contributed by atoms with Crippen LogP contribution in [0.1, 0.15) is 55.8 Å². The van der Waals surface area contributed by atoms with Crippen LogP contribution in [0.3, 0.4) is 0 Å². The topological polar surface area (TPSA) is 72.1 Å². The molecule has 110 valence electrons. The van der Waals surface area contributed by atoms with Crippen molar-refractivity contribution >= 4 is 17.5 Å². The SMILES string of the molecule is CC(C)c1ncc(Cl)c(C(=O)N2CCC(N)CC2C)n1. The molecule has 1 aliphatic rings. The Labute approximate surface area is 124 Å². The fraction of sp³-hybridized carbons (Fsp3) is 0.643. The van der Waals surface area contributed by atoms with Crippen LogP contribution in [0, 0.1) is 0 Å². The van der Waals surface area contributed by atoms with Crippen LogP contribution in [-0.2, 0) is 0 Å². The van der Waals surface area contributed by atoms with Gasteiger partial charge in [-0.05, 0) is 19.8 Å². The number of nitrogens with two attached hydrogens (primary N) is 1. The predicted molar refractivity (Wildman–Crippen MR) is 78.8 cm³/mol. The van der Waals surface area contributed by atoms with Crippen LogP contribution in [-0.4, -0.2) is 39.4 Å². The number of carbonyl (C=O) groups is 1. The van der Waals surface area contributed by atoms with Crippen molar-refractivity contribution in [3.63, 3.8) is 0 Å². The number of piperidine rings is 1. The molecule has 20 heavy (non-hydrogen) atoms. The highest BCUT2D eigenvalue weighted by Gasteiger charge is 2.30. The highest BCUT2D eigenvalue weighted by Crippen LogP contribution is 2.22. The molecule has 1 aromatic heterocycles. The van der Waals surface area contributed by atoms with Crippen LogP contribution in [0.5, 0.6) is 0 Å². The van der Waals surface area contributed by atoms with Gasteiger partial charge in [0.1, 0.15) is 5.82 Å². The first-order chi connectivity index (χ1) is 9.40. The van der Waals surface area contributed by atoms with Crippen molar-refractivity contribution in [2.24, 2.45) is 5.73 Å². The van der Waals surface area contributed by atoms with Gasteiger partial charge < -0.3 is 10.6 Å². The molecule has 0 aliphatic carbocycles. The second-order valence-corrected chi connectivity index (χ2v) is 6.12. The van der Waals surface area contributed by atoms with E-state index in [9.17, 15) is 4.79 Å². The van der Waals surface area contributed by atoms with Crippen molar-refractivity contribution in [1.29, 1.82) is 0 Å². The molecular weight excluding hydrogens is 276 g/mol. The number of carbonyl (C=O) groups excluding carboxylic acids is 1. The smallest absolute Gasteiger partial charge is 0.274 e. The lowest BCUT2D eigenvalue weighted by Gasteiger charge is -2.36. The quantitative estimate of drug-likeness (QED) is 0.908. The highest BCUT2D eigenvalue weighted by atomic mass is 35.5. The molecule has 2 rings (SSSR count). The summed E-state index contributed by atoms with van der Waals surface area (Å²) in [6.45, 7) is 6.63. The van der Waals surface area contributed by atoms with Gasteiger partial charge in [0.15, 0.2) is 5.69 Å². The Morgan fingerprint density at radius 3 is 2.85 bits per heavy atom. The Balaban J connectivity index is 2.26. The average molecular weight is 297 g/mol. The zero-order valence-corrected chi connectivity index (χ0v) is 12.9. The van der Waals surface area contributed by atoms with Crippen molar-refractivity contribution in [2.45, 2.75) is 51.6 Å². The van der Waals surface area contributed by atoms with E-state index in [-0.39, 0.29) is 23.9 Å². The molecule has 1 saturated heterocycles. The van der Waals surface area contributed by atoms with E-state index in [1.165, 1.54) is 6.20 Å². The molecule has 1 amide bonds. The van der Waals surface area contributed by atoms with Gasteiger partial charge in [0.05, 0.1) is 11.2 Å². The number of halogens is 1. The summed E-state index contributed by atoms with van der Waals surface area (Å²) in [5.41, 5.74) is 6.23. The molecule has 2 N–H and O–H groups in total. The number of rotatable bonds is 2. The lowest BCUT2D eigenvalue weighted by molar-refractivity contribution is 0.0612. The first kappa shape index (κ1) is 15.2. The standard InChI is InChI=1S/C14H21ClN4O/c1-8(2)13-17-7-11(15)12(18-13)14(20)19-5-4-10(16)6-9(19)3/h7-10H,4-6,16H2,1-3H3. The minimum absolute atomic E-state index is 0.111. The Hall–Kier alpha value is -1.20. The van der Waals surface area contributed by atoms with Gasteiger partial charge in [0.2, 0.25) is 0 Å². The van der Waals surface area contributed by atoms with E-state index < -0.39 is 0 Å². The van der Waals surface area contributed by atoms with Gasteiger partial charge in [-0.1, -0.05) is 25.4 Å². The Kier molecular flexibility index (Phi) is 4.60. The molecule has 0 aromatic carbocycles. The highest BCUT2D eigenvalue weighted by molar-refractivity contribution is 6.33. The number of hydrogen-bond acceptors (Lipinski definition) is 4. The molecule has 2 atom stereocenters. The molecule has 6 heteroatoms. The van der Waals surface area contributed by atoms with Crippen molar-refractivity contribution in [3.05, 3.63) is 22.7 Å². The third-order valence-electron chi connectivity index (χ3n) is 3.66. The van der Waals surface area contributed by atoms with E-state index >= 15 is 0 Å². The van der Waals surface area contributed by atoms with E-state index in [2.05, 4.69) is 9.97 Å². The maximum absolute atomic E-state index is 12.6. The molecular formula is C14H21ClN4O. The summed E-state index contributed by atoms with van der Waals surface area (Å²) < 4.78 is 0. The van der Waals surface area contributed by atoms with Gasteiger partial charge in [-0.3, -0.25) is 4.79 Å². The zero-order chi connectivity index (χ0) is 14.9. The van der Waals surface area contributed by atoms with E-state index in [1.54, 1.807) is 0 Å². The third-order valence-corrected chi connectivity index (χ3v) is 3.94. The molecule has 2 heterocycles. The molecule has 0 saturated carbocycles. The molecule has 5 nitrogen and oxygen atoms in total. The fourth-order valence-electron chi connectivity index (χ4n) is 2.46. The molecule has 0 spiro atoms. The molecule has 0 bridgehead atoms. The Bertz CT molecular complexity index is 506. The summed E-state index contributed by atoms with van der Waals surface area (Å²) in [6, 6.07) is 0.279. The summed E-state index contributed by atoms with van der Waals surface area (Å²) in [5, 5.41) is 0.307. The van der Waals surface area contributed by atoms with Crippen LogP contribution in [0.25, 0.3) is 0 Å². The molecule has 1 fully saturated rings. The van der Waals surface area contributed by atoms with Gasteiger partial charge in [-0.2, -0.15) is 0 Å². The number of likely N-dealkylation sites (tertiary alicyclic amines) is 1. The van der Waals surface area contributed by atoms with Gasteiger partial charge in [-0.15, -0.1) is 0 Å². The summed E-state index contributed by atoms with van der Waals surface area (Å²) >= 11 is 6.09. The number of amides is 1. The van der Waals surface area contributed by atoms with Gasteiger partial charge >= 0.3 is 0 Å². The summed E-state index contributed by atoms with van der Waals surface area (Å²) in [6.07, 6.45) is 3.14. The second kappa shape index (κ2) is 6.06. The van der Waals surface area contributed by atoms with Gasteiger partial charge in [0.25, 0.3) is 5.91 Å². The zero-order valence-electron chi connectivity index (χ0n) is 12.1. The van der Waals surface area contributed by atoms with E-state index in [0.717, 1.165) is 12.8 Å². The summed E-state index contributed by atoms with van der Waals surface area (Å²) in [4.78, 5) is 22.9. The average Bonchev–Trinajstić information content (AvgIpc) is 2.38. The fourth-order valence-corrected chi connectivity index (χ4v) is 2.63. The van der Waals surface area contributed by atoms with Crippen LogP contribution < -0.4 is 5.73 Å². The maximum Gasteiger partial charge on any atom is 0.274 e. The Morgan fingerprint density at radius 1 is 1.55 bits per heavy atom. The monoisotopic (exact) mass is 296 g/mol. The molecule has 0 radical (unpaired) electrons. The van der Waals surface area contributed by atoms with E-state index in [0.29, 0.717) is 23.1 Å². The molecule has 1 aromatic rings. The number of hydrogen-bond donors (Lipinski definition) is 1.